The predicted molar refractivity (Wildman–Crippen MR) is 165 cm³/mol. The summed E-state index contributed by atoms with van der Waals surface area (Å²) in [6, 6.07) is 28.0. The molecule has 0 spiro atoms. The number of halogens is 2. The van der Waals surface area contributed by atoms with Crippen molar-refractivity contribution in [3.05, 3.63) is 112 Å². The van der Waals surface area contributed by atoms with E-state index in [-0.39, 0.29) is 31.0 Å². The summed E-state index contributed by atoms with van der Waals surface area (Å²) in [6.07, 6.45) is 5.64. The van der Waals surface area contributed by atoms with E-state index in [0.717, 1.165) is 42.0 Å². The third kappa shape index (κ3) is 7.60. The van der Waals surface area contributed by atoms with Crippen LogP contribution in [0, 0.1) is 0 Å². The number of rotatable bonds is 10. The Morgan fingerprint density at radius 3 is 2.39 bits per heavy atom. The summed E-state index contributed by atoms with van der Waals surface area (Å²) < 4.78 is 6.10. The molecule has 5 nitrogen and oxygen atoms in total. The highest BCUT2D eigenvalue weighted by Gasteiger charge is 2.32. The smallest absolute Gasteiger partial charge is 0.261 e. The molecular formula is C34H34Cl2N2O3. The van der Waals surface area contributed by atoms with Crippen LogP contribution in [-0.2, 0) is 22.6 Å². The largest absolute Gasteiger partial charge is 0.483 e. The first-order chi connectivity index (χ1) is 20.0. The molecule has 1 unspecified atom stereocenters. The molecule has 1 N–H and O–H groups in total. The highest BCUT2D eigenvalue weighted by Crippen LogP contribution is 2.27. The lowest BCUT2D eigenvalue weighted by atomic mass is 9.94. The molecule has 1 atom stereocenters. The van der Waals surface area contributed by atoms with Crippen LogP contribution in [0.25, 0.3) is 10.8 Å². The number of amides is 2. The van der Waals surface area contributed by atoms with Crippen LogP contribution in [0.4, 0.5) is 0 Å². The zero-order valence-electron chi connectivity index (χ0n) is 22.9. The topological polar surface area (TPSA) is 58.6 Å². The Morgan fingerprint density at radius 1 is 0.878 bits per heavy atom. The fraction of sp³-hybridized carbons (Fsp3) is 0.294. The van der Waals surface area contributed by atoms with Gasteiger partial charge in [0.25, 0.3) is 5.91 Å². The molecule has 2 amide bonds. The molecule has 0 aliphatic heterocycles. The number of ether oxygens (including phenoxy) is 1. The summed E-state index contributed by atoms with van der Waals surface area (Å²) in [7, 11) is 0. The van der Waals surface area contributed by atoms with Crippen molar-refractivity contribution in [1.82, 2.24) is 10.2 Å². The first kappa shape index (κ1) is 29.0. The van der Waals surface area contributed by atoms with Crippen LogP contribution in [0.2, 0.25) is 10.0 Å². The summed E-state index contributed by atoms with van der Waals surface area (Å²) >= 11 is 12.7. The van der Waals surface area contributed by atoms with Gasteiger partial charge in [0.05, 0.1) is 0 Å². The van der Waals surface area contributed by atoms with E-state index in [1.54, 1.807) is 23.1 Å². The normalized spacial score (nSPS) is 14.4. The summed E-state index contributed by atoms with van der Waals surface area (Å²) in [4.78, 5) is 29.6. The summed E-state index contributed by atoms with van der Waals surface area (Å²) in [5.41, 5.74) is 1.67. The number of fused-ring (bicyclic) bond motifs is 1. The molecule has 1 fully saturated rings. The van der Waals surface area contributed by atoms with Crippen LogP contribution in [0.3, 0.4) is 0 Å². The quantitative estimate of drug-likeness (QED) is 0.207. The van der Waals surface area contributed by atoms with E-state index in [9.17, 15) is 9.59 Å². The molecule has 4 aromatic carbocycles. The Morgan fingerprint density at radius 2 is 1.61 bits per heavy atom. The van der Waals surface area contributed by atoms with Gasteiger partial charge >= 0.3 is 0 Å². The van der Waals surface area contributed by atoms with Crippen molar-refractivity contribution in [2.24, 2.45) is 0 Å². The molecule has 4 aromatic rings. The molecular weight excluding hydrogens is 555 g/mol. The number of nitrogens with zero attached hydrogens (tertiary/aromatic N) is 1. The van der Waals surface area contributed by atoms with E-state index in [1.807, 2.05) is 72.8 Å². The van der Waals surface area contributed by atoms with Crippen LogP contribution in [0.5, 0.6) is 5.75 Å². The maximum atomic E-state index is 14.0. The van der Waals surface area contributed by atoms with E-state index in [2.05, 4.69) is 5.32 Å². The van der Waals surface area contributed by atoms with Crippen LogP contribution in [0.1, 0.15) is 43.2 Å². The Kier molecular flexibility index (Phi) is 9.81. The van der Waals surface area contributed by atoms with Gasteiger partial charge in [0.2, 0.25) is 5.91 Å². The average molecular weight is 590 g/mol. The highest BCUT2D eigenvalue weighted by atomic mass is 35.5. The Balaban J connectivity index is 1.45. The third-order valence-corrected chi connectivity index (χ3v) is 8.27. The maximum absolute atomic E-state index is 14.0. The van der Waals surface area contributed by atoms with E-state index < -0.39 is 6.04 Å². The first-order valence-corrected chi connectivity index (χ1v) is 14.9. The van der Waals surface area contributed by atoms with Gasteiger partial charge in [-0.05, 0) is 47.6 Å². The van der Waals surface area contributed by atoms with E-state index in [4.69, 9.17) is 27.9 Å². The van der Waals surface area contributed by atoms with Crippen LogP contribution < -0.4 is 10.1 Å². The zero-order valence-corrected chi connectivity index (χ0v) is 24.4. The minimum atomic E-state index is -0.755. The van der Waals surface area contributed by atoms with E-state index in [1.165, 1.54) is 6.42 Å². The number of carbonyl (C=O) groups is 2. The molecule has 5 rings (SSSR count). The molecule has 0 saturated heterocycles. The Labute approximate surface area is 251 Å². The lowest BCUT2D eigenvalue weighted by Gasteiger charge is -2.33. The fourth-order valence-corrected chi connectivity index (χ4v) is 5.94. The number of nitrogens with one attached hydrogen (secondary N) is 1. The van der Waals surface area contributed by atoms with E-state index >= 15 is 0 Å². The van der Waals surface area contributed by atoms with Crippen LogP contribution in [-0.4, -0.2) is 35.4 Å². The predicted octanol–water partition coefficient (Wildman–Crippen LogP) is 7.61. The molecule has 1 aliphatic rings. The molecule has 0 aromatic heterocycles. The number of benzene rings is 4. The molecule has 1 aliphatic carbocycles. The Bertz CT molecular complexity index is 1480. The van der Waals surface area contributed by atoms with Crippen LogP contribution in [0.15, 0.2) is 91.0 Å². The molecule has 7 heteroatoms. The average Bonchev–Trinajstić information content (AvgIpc) is 2.99. The zero-order chi connectivity index (χ0) is 28.6. The highest BCUT2D eigenvalue weighted by molar-refractivity contribution is 6.35. The maximum Gasteiger partial charge on any atom is 0.261 e. The lowest BCUT2D eigenvalue weighted by molar-refractivity contribution is -0.143. The van der Waals surface area contributed by atoms with Crippen LogP contribution >= 0.6 is 23.2 Å². The van der Waals surface area contributed by atoms with Gasteiger partial charge in [-0.15, -0.1) is 0 Å². The minimum absolute atomic E-state index is 0.109. The lowest BCUT2D eigenvalue weighted by Crippen LogP contribution is -2.53. The summed E-state index contributed by atoms with van der Waals surface area (Å²) in [5, 5.41) is 6.15. The Hall–Kier alpha value is -3.54. The molecule has 1 saturated carbocycles. The monoisotopic (exact) mass is 588 g/mol. The summed E-state index contributed by atoms with van der Waals surface area (Å²) in [5.74, 6) is 0.153. The number of hydrogen-bond donors (Lipinski definition) is 1. The third-order valence-electron chi connectivity index (χ3n) is 7.68. The van der Waals surface area contributed by atoms with Crippen molar-refractivity contribution in [3.63, 3.8) is 0 Å². The van der Waals surface area contributed by atoms with Crippen molar-refractivity contribution in [1.29, 1.82) is 0 Å². The minimum Gasteiger partial charge on any atom is -0.483 e. The van der Waals surface area contributed by atoms with Gasteiger partial charge in [-0.3, -0.25) is 9.59 Å². The molecule has 212 valence electrons. The van der Waals surface area contributed by atoms with Gasteiger partial charge in [0.15, 0.2) is 6.61 Å². The number of hydrogen-bond acceptors (Lipinski definition) is 3. The number of carbonyl (C=O) groups excluding carboxylic acids is 2. The molecule has 41 heavy (non-hydrogen) atoms. The van der Waals surface area contributed by atoms with Gasteiger partial charge in [-0.25, -0.2) is 0 Å². The molecule has 0 radical (unpaired) electrons. The van der Waals surface area contributed by atoms with Gasteiger partial charge in [-0.1, -0.05) is 115 Å². The van der Waals surface area contributed by atoms with Gasteiger partial charge in [-0.2, -0.15) is 0 Å². The van der Waals surface area contributed by atoms with Crippen molar-refractivity contribution in [2.75, 3.05) is 6.61 Å². The van der Waals surface area contributed by atoms with Crippen molar-refractivity contribution in [2.45, 2.75) is 57.2 Å². The second-order valence-electron chi connectivity index (χ2n) is 10.6. The van der Waals surface area contributed by atoms with Crippen molar-refractivity contribution >= 4 is 45.8 Å². The van der Waals surface area contributed by atoms with Gasteiger partial charge < -0.3 is 15.0 Å². The molecule has 0 heterocycles. The van der Waals surface area contributed by atoms with Gasteiger partial charge in [0.1, 0.15) is 11.8 Å². The fourth-order valence-electron chi connectivity index (χ4n) is 5.48. The van der Waals surface area contributed by atoms with Crippen molar-refractivity contribution < 1.29 is 14.3 Å². The second kappa shape index (κ2) is 13.9. The molecule has 0 bridgehead atoms. The summed E-state index contributed by atoms with van der Waals surface area (Å²) in [6.45, 7) is -0.0788. The first-order valence-electron chi connectivity index (χ1n) is 14.2. The SMILES string of the molecule is O=C(NC1CCCCC1)C(Cc1ccccc1)N(Cc1ccc(Cl)cc1Cl)C(=O)COc1cccc2ccccc12. The van der Waals surface area contributed by atoms with Gasteiger partial charge in [0, 0.05) is 34.4 Å². The van der Waals surface area contributed by atoms with E-state index in [0.29, 0.717) is 27.8 Å². The standard InChI is InChI=1S/C34H34Cl2N2O3/c35-27-19-18-26(30(36)21-27)22-38(33(39)23-41-32-17-9-13-25-12-7-8-16-29(25)32)31(20-24-10-3-1-4-11-24)34(40)37-28-14-5-2-6-15-28/h1,3-4,7-13,16-19,21,28,31H,2,5-6,14-15,20,22-23H2,(H,37,40). The second-order valence-corrected chi connectivity index (χ2v) is 11.4. The van der Waals surface area contributed by atoms with Crippen molar-refractivity contribution in [3.8, 4) is 5.75 Å².